The van der Waals surface area contributed by atoms with Crippen molar-refractivity contribution in [2.75, 3.05) is 11.2 Å². The zero-order valence-corrected chi connectivity index (χ0v) is 8.81. The lowest BCUT2D eigenvalue weighted by atomic mass is 10.2. The number of hydrogen-bond acceptors (Lipinski definition) is 1. The second-order valence-corrected chi connectivity index (χ2v) is 3.45. The van der Waals surface area contributed by atoms with E-state index in [-0.39, 0.29) is 11.6 Å². The van der Waals surface area contributed by atoms with Crippen molar-refractivity contribution in [3.8, 4) is 0 Å². The second kappa shape index (κ2) is 5.07. The van der Waals surface area contributed by atoms with Crippen molar-refractivity contribution in [1.29, 1.82) is 0 Å². The molecule has 0 fully saturated rings. The Hall–Kier alpha value is -1.16. The molecule has 0 bridgehead atoms. The van der Waals surface area contributed by atoms with E-state index < -0.39 is 23.5 Å². The molecule has 1 rings (SSSR count). The van der Waals surface area contributed by atoms with Crippen LogP contribution in [0.3, 0.4) is 0 Å². The van der Waals surface area contributed by atoms with Crippen molar-refractivity contribution in [3.63, 3.8) is 0 Å². The zero-order valence-electron chi connectivity index (χ0n) is 8.06. The fraction of sp³-hybridized carbons (Fsp3) is 0.300. The number of rotatable bonds is 3. The summed E-state index contributed by atoms with van der Waals surface area (Å²) < 4.78 is 25.9. The molecule has 5 heteroatoms. The van der Waals surface area contributed by atoms with Gasteiger partial charge in [-0.25, -0.2) is 8.78 Å². The molecule has 0 aromatic heterocycles. The number of carbonyl (C=O) groups excluding carboxylic acids is 1. The molecule has 2 nitrogen and oxygen atoms in total. The van der Waals surface area contributed by atoms with E-state index in [0.717, 1.165) is 6.07 Å². The molecule has 0 heterocycles. The fourth-order valence-corrected chi connectivity index (χ4v) is 1.07. The predicted molar refractivity (Wildman–Crippen MR) is 54.9 cm³/mol. The standard InChI is InChI=1S/C10H10ClF2NO/c1-6(5-11)10(15)14-8-4-2-3-7(12)9(8)13/h2-4,6H,5H2,1H3,(H,14,15). The van der Waals surface area contributed by atoms with E-state index in [4.69, 9.17) is 11.6 Å². The van der Waals surface area contributed by atoms with Crippen LogP contribution in [-0.4, -0.2) is 11.8 Å². The number of halogens is 3. The van der Waals surface area contributed by atoms with E-state index in [0.29, 0.717) is 0 Å². The molecule has 15 heavy (non-hydrogen) atoms. The normalized spacial score (nSPS) is 12.3. The molecule has 0 aliphatic heterocycles. The summed E-state index contributed by atoms with van der Waals surface area (Å²) in [5.41, 5.74) is -0.169. The molecule has 0 saturated carbocycles. The Balaban J connectivity index is 2.81. The summed E-state index contributed by atoms with van der Waals surface area (Å²) in [6.45, 7) is 1.60. The summed E-state index contributed by atoms with van der Waals surface area (Å²) in [6, 6.07) is 3.59. The molecule has 0 saturated heterocycles. The highest BCUT2D eigenvalue weighted by atomic mass is 35.5. The zero-order chi connectivity index (χ0) is 11.4. The quantitative estimate of drug-likeness (QED) is 0.800. The topological polar surface area (TPSA) is 29.1 Å². The van der Waals surface area contributed by atoms with Crippen LogP contribution in [0, 0.1) is 17.6 Å². The Kier molecular flexibility index (Phi) is 4.03. The Labute approximate surface area is 91.2 Å². The summed E-state index contributed by atoms with van der Waals surface area (Å²) in [4.78, 5) is 11.3. The minimum absolute atomic E-state index is 0.128. The van der Waals surface area contributed by atoms with E-state index in [1.807, 2.05) is 0 Å². The van der Waals surface area contributed by atoms with Gasteiger partial charge in [0.15, 0.2) is 11.6 Å². The van der Waals surface area contributed by atoms with Gasteiger partial charge in [0, 0.05) is 11.8 Å². The molecule has 0 radical (unpaired) electrons. The lowest BCUT2D eigenvalue weighted by molar-refractivity contribution is -0.118. The predicted octanol–water partition coefficient (Wildman–Crippen LogP) is 2.78. The molecule has 1 aromatic rings. The van der Waals surface area contributed by atoms with Crippen LogP contribution in [0.2, 0.25) is 0 Å². The maximum atomic E-state index is 13.1. The van der Waals surface area contributed by atoms with Crippen molar-refractivity contribution in [1.82, 2.24) is 0 Å². The smallest absolute Gasteiger partial charge is 0.228 e. The Bertz CT molecular complexity index is 370. The number of carbonyl (C=O) groups is 1. The van der Waals surface area contributed by atoms with Crippen molar-refractivity contribution >= 4 is 23.2 Å². The summed E-state index contributed by atoms with van der Waals surface area (Å²) in [7, 11) is 0. The average molecular weight is 234 g/mol. The largest absolute Gasteiger partial charge is 0.323 e. The van der Waals surface area contributed by atoms with Gasteiger partial charge >= 0.3 is 0 Å². The monoisotopic (exact) mass is 233 g/mol. The Morgan fingerprint density at radius 3 is 2.80 bits per heavy atom. The van der Waals surface area contributed by atoms with Gasteiger partial charge in [-0.05, 0) is 12.1 Å². The average Bonchev–Trinajstić information content (AvgIpc) is 2.23. The van der Waals surface area contributed by atoms with Crippen LogP contribution < -0.4 is 5.32 Å². The molecule has 1 N–H and O–H groups in total. The maximum absolute atomic E-state index is 13.1. The summed E-state index contributed by atoms with van der Waals surface area (Å²) in [5.74, 6) is -2.81. The fourth-order valence-electron chi connectivity index (χ4n) is 0.926. The third-order valence-electron chi connectivity index (χ3n) is 1.89. The van der Waals surface area contributed by atoms with Crippen LogP contribution in [0.25, 0.3) is 0 Å². The molecule has 1 aromatic carbocycles. The van der Waals surface area contributed by atoms with Gasteiger partial charge in [-0.1, -0.05) is 13.0 Å². The number of hydrogen-bond donors (Lipinski definition) is 1. The highest BCUT2D eigenvalue weighted by Gasteiger charge is 2.15. The Morgan fingerprint density at radius 2 is 2.20 bits per heavy atom. The van der Waals surface area contributed by atoms with E-state index in [2.05, 4.69) is 5.32 Å². The molecule has 0 spiro atoms. The van der Waals surface area contributed by atoms with Crippen molar-refractivity contribution in [3.05, 3.63) is 29.8 Å². The third-order valence-corrected chi connectivity index (χ3v) is 2.35. The first-order valence-electron chi connectivity index (χ1n) is 4.37. The highest BCUT2D eigenvalue weighted by molar-refractivity contribution is 6.19. The van der Waals surface area contributed by atoms with Gasteiger partial charge in [0.25, 0.3) is 0 Å². The van der Waals surface area contributed by atoms with E-state index >= 15 is 0 Å². The highest BCUT2D eigenvalue weighted by Crippen LogP contribution is 2.17. The number of alkyl halides is 1. The first-order valence-corrected chi connectivity index (χ1v) is 4.90. The van der Waals surface area contributed by atoms with Crippen LogP contribution in [0.1, 0.15) is 6.92 Å². The van der Waals surface area contributed by atoms with E-state index in [1.165, 1.54) is 12.1 Å². The summed E-state index contributed by atoms with van der Waals surface area (Å²) >= 11 is 5.46. The van der Waals surface area contributed by atoms with Crippen LogP contribution in [-0.2, 0) is 4.79 Å². The van der Waals surface area contributed by atoms with Crippen molar-refractivity contribution in [2.24, 2.45) is 5.92 Å². The van der Waals surface area contributed by atoms with Gasteiger partial charge in [-0.3, -0.25) is 4.79 Å². The molecule has 1 atom stereocenters. The van der Waals surface area contributed by atoms with Gasteiger partial charge in [0.2, 0.25) is 5.91 Å². The minimum atomic E-state index is -1.06. The van der Waals surface area contributed by atoms with Gasteiger partial charge in [0.1, 0.15) is 0 Å². The lowest BCUT2D eigenvalue weighted by Crippen LogP contribution is -2.22. The van der Waals surface area contributed by atoms with Gasteiger partial charge in [-0.15, -0.1) is 11.6 Å². The SMILES string of the molecule is CC(CCl)C(=O)Nc1cccc(F)c1F. The van der Waals surface area contributed by atoms with Gasteiger partial charge in [0.05, 0.1) is 5.69 Å². The number of benzene rings is 1. The number of amides is 1. The summed E-state index contributed by atoms with van der Waals surface area (Å²) in [6.07, 6.45) is 0. The number of anilines is 1. The Morgan fingerprint density at radius 1 is 1.53 bits per heavy atom. The molecule has 82 valence electrons. The van der Waals surface area contributed by atoms with Crippen LogP contribution in [0.5, 0.6) is 0 Å². The molecule has 1 unspecified atom stereocenters. The molecular formula is C10H10ClF2NO. The van der Waals surface area contributed by atoms with E-state index in [9.17, 15) is 13.6 Å². The van der Waals surface area contributed by atoms with Crippen LogP contribution in [0.15, 0.2) is 18.2 Å². The maximum Gasteiger partial charge on any atom is 0.228 e. The van der Waals surface area contributed by atoms with Crippen LogP contribution >= 0.6 is 11.6 Å². The lowest BCUT2D eigenvalue weighted by Gasteiger charge is -2.09. The second-order valence-electron chi connectivity index (χ2n) is 3.15. The van der Waals surface area contributed by atoms with Crippen LogP contribution in [0.4, 0.5) is 14.5 Å². The third kappa shape index (κ3) is 2.89. The van der Waals surface area contributed by atoms with Gasteiger partial charge in [-0.2, -0.15) is 0 Å². The van der Waals surface area contributed by atoms with Gasteiger partial charge < -0.3 is 5.32 Å². The molecular weight excluding hydrogens is 224 g/mol. The molecule has 0 aliphatic carbocycles. The first-order chi connectivity index (χ1) is 7.06. The molecule has 1 amide bonds. The van der Waals surface area contributed by atoms with Crippen molar-refractivity contribution < 1.29 is 13.6 Å². The first kappa shape index (κ1) is 11.9. The summed E-state index contributed by atoms with van der Waals surface area (Å²) in [5, 5.41) is 2.26. The molecule has 0 aliphatic rings. The number of nitrogens with one attached hydrogen (secondary N) is 1. The van der Waals surface area contributed by atoms with Crippen molar-refractivity contribution in [2.45, 2.75) is 6.92 Å². The minimum Gasteiger partial charge on any atom is -0.323 e. The van der Waals surface area contributed by atoms with E-state index in [1.54, 1.807) is 6.92 Å².